The molecule has 16 heavy (non-hydrogen) atoms. The van der Waals surface area contributed by atoms with Crippen molar-refractivity contribution in [1.82, 2.24) is 4.98 Å². The van der Waals surface area contributed by atoms with Gasteiger partial charge in [0.1, 0.15) is 0 Å². The van der Waals surface area contributed by atoms with E-state index in [1.54, 1.807) is 0 Å². The first-order valence-corrected chi connectivity index (χ1v) is 6.46. The Labute approximate surface area is 97.3 Å². The van der Waals surface area contributed by atoms with E-state index in [4.69, 9.17) is 5.73 Å². The third-order valence-electron chi connectivity index (χ3n) is 4.44. The van der Waals surface area contributed by atoms with E-state index in [1.807, 2.05) is 12.3 Å². The summed E-state index contributed by atoms with van der Waals surface area (Å²) in [7, 11) is 0. The van der Waals surface area contributed by atoms with Crippen LogP contribution < -0.4 is 5.73 Å². The number of aromatic nitrogens is 1. The van der Waals surface area contributed by atoms with Gasteiger partial charge in [-0.2, -0.15) is 0 Å². The van der Waals surface area contributed by atoms with E-state index in [9.17, 15) is 0 Å². The minimum absolute atomic E-state index is 0.309. The molecule has 2 aliphatic carbocycles. The molecule has 3 unspecified atom stereocenters. The van der Waals surface area contributed by atoms with E-state index in [2.05, 4.69) is 18.0 Å². The van der Waals surface area contributed by atoms with Crippen molar-refractivity contribution in [3.05, 3.63) is 29.6 Å². The second-order valence-corrected chi connectivity index (χ2v) is 5.47. The van der Waals surface area contributed by atoms with Gasteiger partial charge in [-0.05, 0) is 49.1 Å². The van der Waals surface area contributed by atoms with Crippen LogP contribution in [0.25, 0.3) is 0 Å². The first-order chi connectivity index (χ1) is 7.77. The summed E-state index contributed by atoms with van der Waals surface area (Å²) in [5, 5.41) is 0. The molecule has 86 valence electrons. The summed E-state index contributed by atoms with van der Waals surface area (Å²) in [6, 6.07) is 4.55. The first kappa shape index (κ1) is 10.3. The van der Waals surface area contributed by atoms with Gasteiger partial charge in [0.2, 0.25) is 0 Å². The Morgan fingerprint density at radius 2 is 2.19 bits per heavy atom. The van der Waals surface area contributed by atoms with Gasteiger partial charge in [0, 0.05) is 23.9 Å². The predicted octanol–water partition coefficient (Wildman–Crippen LogP) is 2.48. The molecule has 0 amide bonds. The number of hydrogen-bond donors (Lipinski definition) is 1. The lowest BCUT2D eigenvalue weighted by Crippen LogP contribution is -2.35. The SMILES string of the molecule is CC(C1CC1)C(N)C1CCc2cccnc21. The second-order valence-electron chi connectivity index (χ2n) is 5.47. The molecule has 1 fully saturated rings. The van der Waals surface area contributed by atoms with E-state index >= 15 is 0 Å². The molecule has 2 heteroatoms. The number of aryl methyl sites for hydroxylation is 1. The van der Waals surface area contributed by atoms with Crippen molar-refractivity contribution < 1.29 is 0 Å². The van der Waals surface area contributed by atoms with Gasteiger partial charge in [0.05, 0.1) is 0 Å². The molecule has 1 aromatic rings. The summed E-state index contributed by atoms with van der Waals surface area (Å²) in [5.41, 5.74) is 9.14. The topological polar surface area (TPSA) is 38.9 Å². The van der Waals surface area contributed by atoms with Crippen molar-refractivity contribution >= 4 is 0 Å². The maximum atomic E-state index is 6.44. The van der Waals surface area contributed by atoms with Crippen molar-refractivity contribution in [3.8, 4) is 0 Å². The number of hydrogen-bond acceptors (Lipinski definition) is 2. The third-order valence-corrected chi connectivity index (χ3v) is 4.44. The first-order valence-electron chi connectivity index (χ1n) is 6.46. The molecule has 0 spiro atoms. The van der Waals surface area contributed by atoms with Crippen molar-refractivity contribution in [2.24, 2.45) is 17.6 Å². The molecule has 3 atom stereocenters. The molecule has 0 bridgehead atoms. The Bertz CT molecular complexity index is 384. The quantitative estimate of drug-likeness (QED) is 0.843. The van der Waals surface area contributed by atoms with Crippen LogP contribution >= 0.6 is 0 Å². The second kappa shape index (κ2) is 3.85. The van der Waals surface area contributed by atoms with Crippen LogP contribution in [0.15, 0.2) is 18.3 Å². The minimum Gasteiger partial charge on any atom is -0.327 e. The number of nitrogens with two attached hydrogens (primary N) is 1. The number of pyridine rings is 1. The minimum atomic E-state index is 0.309. The van der Waals surface area contributed by atoms with E-state index in [1.165, 1.54) is 36.9 Å². The van der Waals surface area contributed by atoms with Crippen LogP contribution in [0, 0.1) is 11.8 Å². The van der Waals surface area contributed by atoms with Crippen molar-refractivity contribution in [2.75, 3.05) is 0 Å². The van der Waals surface area contributed by atoms with Gasteiger partial charge < -0.3 is 5.73 Å². The largest absolute Gasteiger partial charge is 0.327 e. The molecule has 2 N–H and O–H groups in total. The zero-order valence-corrected chi connectivity index (χ0v) is 9.89. The molecule has 1 heterocycles. The van der Waals surface area contributed by atoms with Gasteiger partial charge >= 0.3 is 0 Å². The van der Waals surface area contributed by atoms with E-state index in [0.717, 1.165) is 5.92 Å². The Morgan fingerprint density at radius 1 is 1.38 bits per heavy atom. The molecule has 0 saturated heterocycles. The highest BCUT2D eigenvalue weighted by Gasteiger charge is 2.38. The van der Waals surface area contributed by atoms with Gasteiger partial charge in [-0.3, -0.25) is 4.98 Å². The molecule has 0 aromatic carbocycles. The fraction of sp³-hybridized carbons (Fsp3) is 0.643. The van der Waals surface area contributed by atoms with Gasteiger partial charge in [-0.15, -0.1) is 0 Å². The van der Waals surface area contributed by atoms with Crippen molar-refractivity contribution in [2.45, 2.75) is 44.6 Å². The van der Waals surface area contributed by atoms with E-state index in [-0.39, 0.29) is 0 Å². The molecule has 2 nitrogen and oxygen atoms in total. The van der Waals surface area contributed by atoms with Crippen LogP contribution in [0.4, 0.5) is 0 Å². The molecule has 2 aliphatic rings. The van der Waals surface area contributed by atoms with Crippen LogP contribution in [-0.2, 0) is 6.42 Å². The van der Waals surface area contributed by atoms with Gasteiger partial charge in [-0.1, -0.05) is 13.0 Å². The van der Waals surface area contributed by atoms with Crippen LogP contribution in [0.5, 0.6) is 0 Å². The van der Waals surface area contributed by atoms with Crippen LogP contribution in [0.3, 0.4) is 0 Å². The lowest BCUT2D eigenvalue weighted by molar-refractivity contribution is 0.350. The smallest absolute Gasteiger partial charge is 0.0482 e. The number of nitrogens with zero attached hydrogens (tertiary/aromatic N) is 1. The lowest BCUT2D eigenvalue weighted by atomic mass is 9.85. The molecule has 1 saturated carbocycles. The standard InChI is InChI=1S/C14H20N2/c1-9(10-4-5-10)13(15)12-7-6-11-3-2-8-16-14(11)12/h2-3,8-10,12-13H,4-7,15H2,1H3. The van der Waals surface area contributed by atoms with Crippen molar-refractivity contribution in [1.29, 1.82) is 0 Å². The van der Waals surface area contributed by atoms with Crippen LogP contribution in [-0.4, -0.2) is 11.0 Å². The summed E-state index contributed by atoms with van der Waals surface area (Å²) < 4.78 is 0. The lowest BCUT2D eigenvalue weighted by Gasteiger charge is -2.25. The highest BCUT2D eigenvalue weighted by Crippen LogP contribution is 2.43. The zero-order chi connectivity index (χ0) is 11.1. The summed E-state index contributed by atoms with van der Waals surface area (Å²) >= 11 is 0. The highest BCUT2D eigenvalue weighted by molar-refractivity contribution is 5.30. The van der Waals surface area contributed by atoms with Gasteiger partial charge in [0.25, 0.3) is 0 Å². The van der Waals surface area contributed by atoms with E-state index < -0.39 is 0 Å². The maximum Gasteiger partial charge on any atom is 0.0482 e. The van der Waals surface area contributed by atoms with Crippen LogP contribution in [0.2, 0.25) is 0 Å². The fourth-order valence-corrected chi connectivity index (χ4v) is 3.12. The number of rotatable bonds is 3. The molecular weight excluding hydrogens is 196 g/mol. The summed E-state index contributed by atoms with van der Waals surface area (Å²) in [6.45, 7) is 2.32. The Kier molecular flexibility index (Phi) is 2.47. The predicted molar refractivity (Wildman–Crippen MR) is 65.2 cm³/mol. The highest BCUT2D eigenvalue weighted by atomic mass is 14.8. The normalized spacial score (nSPS) is 27.5. The average molecular weight is 216 g/mol. The monoisotopic (exact) mass is 216 g/mol. The molecule has 1 aromatic heterocycles. The molecular formula is C14H20N2. The Balaban J connectivity index is 1.81. The molecule has 0 aliphatic heterocycles. The summed E-state index contributed by atoms with van der Waals surface area (Å²) in [6.07, 6.45) is 7.04. The third kappa shape index (κ3) is 1.65. The zero-order valence-electron chi connectivity index (χ0n) is 9.89. The van der Waals surface area contributed by atoms with Gasteiger partial charge in [0.15, 0.2) is 0 Å². The summed E-state index contributed by atoms with van der Waals surface area (Å²) in [4.78, 5) is 4.54. The average Bonchev–Trinajstić information content (AvgIpc) is 3.07. The molecule has 0 radical (unpaired) electrons. The Hall–Kier alpha value is -0.890. The number of fused-ring (bicyclic) bond motifs is 1. The van der Waals surface area contributed by atoms with Gasteiger partial charge in [-0.25, -0.2) is 0 Å². The van der Waals surface area contributed by atoms with E-state index in [0.29, 0.717) is 17.9 Å². The summed E-state index contributed by atoms with van der Waals surface area (Å²) in [5.74, 6) is 2.06. The molecule has 3 rings (SSSR count). The Morgan fingerprint density at radius 3 is 2.94 bits per heavy atom. The van der Waals surface area contributed by atoms with Crippen LogP contribution in [0.1, 0.15) is 43.4 Å². The van der Waals surface area contributed by atoms with Crippen molar-refractivity contribution in [3.63, 3.8) is 0 Å². The maximum absolute atomic E-state index is 6.44. The fourth-order valence-electron chi connectivity index (χ4n) is 3.12.